The van der Waals surface area contributed by atoms with Crippen molar-refractivity contribution in [2.75, 3.05) is 6.61 Å². The van der Waals surface area contributed by atoms with Crippen LogP contribution in [-0.4, -0.2) is 17.2 Å². The lowest BCUT2D eigenvalue weighted by Crippen LogP contribution is -2.01. The van der Waals surface area contributed by atoms with Gasteiger partial charge in [-0.1, -0.05) is 19.8 Å². The van der Waals surface area contributed by atoms with Crippen molar-refractivity contribution < 1.29 is 15.4 Å². The quantitative estimate of drug-likeness (QED) is 0.327. The zero-order valence-electron chi connectivity index (χ0n) is 6.00. The topological polar surface area (TPSA) is 83.9 Å². The minimum atomic E-state index is -0.754. The van der Waals surface area contributed by atoms with Gasteiger partial charge in [0.05, 0.1) is 6.61 Å². The van der Waals surface area contributed by atoms with Crippen LogP contribution in [0.5, 0.6) is 0 Å². The Balaban J connectivity index is 0. The summed E-state index contributed by atoms with van der Waals surface area (Å²) in [6.45, 7) is 2.27. The van der Waals surface area contributed by atoms with Crippen LogP contribution in [-0.2, 0) is 4.84 Å². The van der Waals surface area contributed by atoms with E-state index in [9.17, 15) is 10.1 Å². The molecule has 0 aliphatic carbocycles. The van der Waals surface area contributed by atoms with Gasteiger partial charge in [0.1, 0.15) is 0 Å². The molecule has 0 bridgehead atoms. The van der Waals surface area contributed by atoms with Crippen molar-refractivity contribution >= 4 is 0 Å². The summed E-state index contributed by atoms with van der Waals surface area (Å²) >= 11 is 0. The third-order valence-corrected chi connectivity index (χ3v) is 0.945. The van der Waals surface area contributed by atoms with Gasteiger partial charge in [0, 0.05) is 0 Å². The van der Waals surface area contributed by atoms with E-state index in [1.807, 2.05) is 6.92 Å². The van der Waals surface area contributed by atoms with Crippen LogP contribution in [0, 0.1) is 10.1 Å². The average Bonchev–Trinajstić information content (AvgIpc) is 1.80. The van der Waals surface area contributed by atoms with E-state index in [-0.39, 0.29) is 12.1 Å². The largest absolute Gasteiger partial charge is 0.412 e. The standard InChI is InChI=1S/C5H11NO3.H2O/c1-2-3-4-5-9-6(7)8;/h2-5H2,1H3;1H2. The van der Waals surface area contributed by atoms with E-state index in [0.717, 1.165) is 19.3 Å². The van der Waals surface area contributed by atoms with E-state index in [2.05, 4.69) is 4.84 Å². The molecule has 0 aromatic carbocycles. The van der Waals surface area contributed by atoms with Crippen molar-refractivity contribution in [1.82, 2.24) is 0 Å². The van der Waals surface area contributed by atoms with Gasteiger partial charge < -0.3 is 10.3 Å². The molecule has 0 radical (unpaired) electrons. The van der Waals surface area contributed by atoms with E-state index < -0.39 is 5.09 Å². The minimum Gasteiger partial charge on any atom is -0.412 e. The smallest absolute Gasteiger partial charge is 0.294 e. The Bertz CT molecular complexity index is 85.7. The van der Waals surface area contributed by atoms with E-state index in [4.69, 9.17) is 0 Å². The van der Waals surface area contributed by atoms with E-state index in [1.165, 1.54) is 0 Å². The Morgan fingerprint density at radius 3 is 2.50 bits per heavy atom. The summed E-state index contributed by atoms with van der Waals surface area (Å²) in [6.07, 6.45) is 2.83. The van der Waals surface area contributed by atoms with Crippen LogP contribution in [0.15, 0.2) is 0 Å². The van der Waals surface area contributed by atoms with Gasteiger partial charge in [-0.05, 0) is 6.42 Å². The maximum atomic E-state index is 9.55. The van der Waals surface area contributed by atoms with E-state index in [0.29, 0.717) is 0 Å². The van der Waals surface area contributed by atoms with Gasteiger partial charge in [0.15, 0.2) is 0 Å². The molecule has 5 nitrogen and oxygen atoms in total. The zero-order valence-corrected chi connectivity index (χ0v) is 6.00. The van der Waals surface area contributed by atoms with Gasteiger partial charge in [0.25, 0.3) is 5.09 Å². The second-order valence-corrected chi connectivity index (χ2v) is 1.76. The van der Waals surface area contributed by atoms with Gasteiger partial charge in [0.2, 0.25) is 0 Å². The maximum absolute atomic E-state index is 9.55. The summed E-state index contributed by atoms with van der Waals surface area (Å²) in [5.74, 6) is 0. The highest BCUT2D eigenvalue weighted by Gasteiger charge is 1.91. The molecule has 0 atom stereocenters. The van der Waals surface area contributed by atoms with Crippen molar-refractivity contribution in [3.63, 3.8) is 0 Å². The number of unbranched alkanes of at least 4 members (excludes halogenated alkanes) is 2. The predicted octanol–water partition coefficient (Wildman–Crippen LogP) is 0.560. The van der Waals surface area contributed by atoms with Crippen LogP contribution in [0.25, 0.3) is 0 Å². The zero-order chi connectivity index (χ0) is 7.11. The number of rotatable bonds is 5. The summed E-state index contributed by atoms with van der Waals surface area (Å²) in [4.78, 5) is 13.6. The first-order valence-corrected chi connectivity index (χ1v) is 3.04. The molecule has 2 N–H and O–H groups in total. The van der Waals surface area contributed by atoms with Crippen molar-refractivity contribution in [3.8, 4) is 0 Å². The average molecular weight is 151 g/mol. The minimum absolute atomic E-state index is 0. The second kappa shape index (κ2) is 8.16. The molecule has 0 heterocycles. The molecular formula is C5H13NO4. The monoisotopic (exact) mass is 151 g/mol. The van der Waals surface area contributed by atoms with Gasteiger partial charge in [-0.3, -0.25) is 0 Å². The molecule has 0 rings (SSSR count). The highest BCUT2D eigenvalue weighted by molar-refractivity contribution is 4.32. The molecule has 0 saturated carbocycles. The van der Waals surface area contributed by atoms with Crippen LogP contribution < -0.4 is 0 Å². The van der Waals surface area contributed by atoms with Gasteiger partial charge in [-0.2, -0.15) is 0 Å². The van der Waals surface area contributed by atoms with Crippen molar-refractivity contribution in [2.45, 2.75) is 26.2 Å². The third kappa shape index (κ3) is 10.2. The number of hydrogen-bond donors (Lipinski definition) is 0. The first-order chi connectivity index (χ1) is 4.27. The fourth-order valence-corrected chi connectivity index (χ4v) is 0.491. The van der Waals surface area contributed by atoms with Crippen LogP contribution in [0.2, 0.25) is 0 Å². The fraction of sp³-hybridized carbons (Fsp3) is 1.00. The molecule has 0 saturated heterocycles. The molecule has 0 aliphatic heterocycles. The van der Waals surface area contributed by atoms with Crippen molar-refractivity contribution in [3.05, 3.63) is 10.1 Å². The first-order valence-electron chi connectivity index (χ1n) is 3.04. The summed E-state index contributed by atoms with van der Waals surface area (Å²) in [6, 6.07) is 0. The summed E-state index contributed by atoms with van der Waals surface area (Å²) in [5, 5.41) is 8.79. The Kier molecular flexibility index (Phi) is 9.71. The lowest BCUT2D eigenvalue weighted by atomic mass is 10.3. The summed E-state index contributed by atoms with van der Waals surface area (Å²) < 4.78 is 0. The molecular weight excluding hydrogens is 138 g/mol. The molecule has 0 aromatic heterocycles. The second-order valence-electron chi connectivity index (χ2n) is 1.76. The normalized spacial score (nSPS) is 8.10. The predicted molar refractivity (Wildman–Crippen MR) is 36.1 cm³/mol. The Hall–Kier alpha value is -0.840. The van der Waals surface area contributed by atoms with Gasteiger partial charge in [-0.25, -0.2) is 0 Å². The van der Waals surface area contributed by atoms with Crippen LogP contribution in [0.3, 0.4) is 0 Å². The molecule has 0 amide bonds. The molecule has 62 valence electrons. The van der Waals surface area contributed by atoms with Crippen molar-refractivity contribution in [1.29, 1.82) is 0 Å². The lowest BCUT2D eigenvalue weighted by Gasteiger charge is -1.94. The van der Waals surface area contributed by atoms with Crippen molar-refractivity contribution in [2.24, 2.45) is 0 Å². The molecule has 0 aliphatic rings. The molecule has 10 heavy (non-hydrogen) atoms. The molecule has 0 unspecified atom stereocenters. The molecule has 0 aromatic rings. The molecule has 0 fully saturated rings. The van der Waals surface area contributed by atoms with Crippen LogP contribution in [0.4, 0.5) is 0 Å². The maximum Gasteiger partial charge on any atom is 0.294 e. The fourth-order valence-electron chi connectivity index (χ4n) is 0.491. The van der Waals surface area contributed by atoms with Crippen LogP contribution >= 0.6 is 0 Å². The highest BCUT2D eigenvalue weighted by atomic mass is 16.9. The Morgan fingerprint density at radius 1 is 1.50 bits per heavy atom. The number of nitrogens with zero attached hydrogens (tertiary/aromatic N) is 1. The first kappa shape index (κ1) is 11.9. The van der Waals surface area contributed by atoms with E-state index >= 15 is 0 Å². The Labute approximate surface area is 59.4 Å². The summed E-state index contributed by atoms with van der Waals surface area (Å²) in [7, 11) is 0. The highest BCUT2D eigenvalue weighted by Crippen LogP contribution is 1.93. The van der Waals surface area contributed by atoms with Gasteiger partial charge in [-0.15, -0.1) is 10.1 Å². The molecule has 0 spiro atoms. The number of hydrogen-bond acceptors (Lipinski definition) is 3. The summed E-state index contributed by atoms with van der Waals surface area (Å²) in [5.41, 5.74) is 0. The molecule has 5 heteroatoms. The SMILES string of the molecule is CCCCCO[N+](=O)[O-].O. The lowest BCUT2D eigenvalue weighted by molar-refractivity contribution is -0.757. The van der Waals surface area contributed by atoms with Gasteiger partial charge >= 0.3 is 0 Å². The Morgan fingerprint density at radius 2 is 2.10 bits per heavy atom. The van der Waals surface area contributed by atoms with E-state index in [1.54, 1.807) is 0 Å². The van der Waals surface area contributed by atoms with Crippen LogP contribution in [0.1, 0.15) is 26.2 Å². The third-order valence-electron chi connectivity index (χ3n) is 0.945.